The van der Waals surface area contributed by atoms with E-state index in [1.807, 2.05) is 26.0 Å². The average Bonchev–Trinajstić information content (AvgIpc) is 2.90. The molecule has 1 aromatic heterocycles. The van der Waals surface area contributed by atoms with Crippen LogP contribution in [0, 0.1) is 17.3 Å². The molecule has 2 unspecified atom stereocenters. The minimum absolute atomic E-state index is 0.0261. The summed E-state index contributed by atoms with van der Waals surface area (Å²) in [6.45, 7) is 3.97. The third-order valence-electron chi connectivity index (χ3n) is 4.59. The van der Waals surface area contributed by atoms with Crippen LogP contribution in [0.1, 0.15) is 13.8 Å². The van der Waals surface area contributed by atoms with Crippen LogP contribution in [-0.4, -0.2) is 23.3 Å². The number of rotatable bonds is 5. The number of carbonyl (C=O) groups is 1. The van der Waals surface area contributed by atoms with Crippen LogP contribution in [-0.2, 0) is 4.79 Å². The second-order valence-electron chi connectivity index (χ2n) is 6.46. The SMILES string of the molecule is COc1ccc(-c2nonc2NC(=O)C2C(C=C(Cl)Cl)C2(C)C)cc1. The highest BCUT2D eigenvalue weighted by Gasteiger charge is 2.60. The molecule has 2 aromatic rings. The third kappa shape index (κ3) is 3.50. The number of benzene rings is 1. The van der Waals surface area contributed by atoms with Gasteiger partial charge in [0.2, 0.25) is 11.7 Å². The van der Waals surface area contributed by atoms with Gasteiger partial charge in [0.25, 0.3) is 0 Å². The molecule has 25 heavy (non-hydrogen) atoms. The number of nitrogens with zero attached hydrogens (tertiary/aromatic N) is 2. The fourth-order valence-corrected chi connectivity index (χ4v) is 3.30. The highest BCUT2D eigenvalue weighted by Crippen LogP contribution is 2.60. The lowest BCUT2D eigenvalue weighted by molar-refractivity contribution is -0.118. The van der Waals surface area contributed by atoms with E-state index in [0.717, 1.165) is 11.3 Å². The van der Waals surface area contributed by atoms with Gasteiger partial charge in [-0.1, -0.05) is 37.0 Å². The van der Waals surface area contributed by atoms with Crippen molar-refractivity contribution in [2.45, 2.75) is 13.8 Å². The quantitative estimate of drug-likeness (QED) is 0.836. The van der Waals surface area contributed by atoms with Gasteiger partial charge in [-0.05, 0) is 52.0 Å². The van der Waals surface area contributed by atoms with Crippen molar-refractivity contribution in [1.82, 2.24) is 10.3 Å². The first-order valence-corrected chi connectivity index (χ1v) is 8.41. The second-order valence-corrected chi connectivity index (χ2v) is 7.47. The molecule has 1 aliphatic rings. The predicted octanol–water partition coefficient (Wildman–Crippen LogP) is 4.27. The van der Waals surface area contributed by atoms with E-state index in [2.05, 4.69) is 15.6 Å². The first-order valence-electron chi connectivity index (χ1n) is 7.65. The number of halogens is 2. The van der Waals surface area contributed by atoms with Gasteiger partial charge < -0.3 is 10.1 Å². The summed E-state index contributed by atoms with van der Waals surface area (Å²) in [6, 6.07) is 7.22. The fraction of sp³-hybridized carbons (Fsp3) is 0.353. The largest absolute Gasteiger partial charge is 0.497 e. The number of ether oxygens (including phenoxy) is 1. The van der Waals surface area contributed by atoms with E-state index in [1.54, 1.807) is 25.3 Å². The Kier molecular flexibility index (Phi) is 4.75. The number of nitrogens with one attached hydrogen (secondary N) is 1. The summed E-state index contributed by atoms with van der Waals surface area (Å²) in [4.78, 5) is 12.6. The Morgan fingerprint density at radius 2 is 1.96 bits per heavy atom. The van der Waals surface area contributed by atoms with Gasteiger partial charge in [-0.2, -0.15) is 0 Å². The van der Waals surface area contributed by atoms with Crippen molar-refractivity contribution in [3.05, 3.63) is 34.8 Å². The normalized spacial score (nSPS) is 20.7. The van der Waals surface area contributed by atoms with Crippen molar-refractivity contribution in [3.8, 4) is 17.0 Å². The van der Waals surface area contributed by atoms with Crippen LogP contribution in [0.4, 0.5) is 5.82 Å². The van der Waals surface area contributed by atoms with E-state index in [-0.39, 0.29) is 33.5 Å². The molecule has 1 amide bonds. The van der Waals surface area contributed by atoms with Gasteiger partial charge in [0.15, 0.2) is 5.69 Å². The van der Waals surface area contributed by atoms with Crippen LogP contribution in [0.2, 0.25) is 0 Å². The molecule has 6 nitrogen and oxygen atoms in total. The minimum atomic E-state index is -0.250. The molecule has 2 atom stereocenters. The van der Waals surface area contributed by atoms with E-state index < -0.39 is 0 Å². The summed E-state index contributed by atoms with van der Waals surface area (Å²) in [5.74, 6) is 0.546. The van der Waals surface area contributed by atoms with Gasteiger partial charge in [0.05, 0.1) is 13.0 Å². The van der Waals surface area contributed by atoms with Crippen molar-refractivity contribution >= 4 is 34.9 Å². The zero-order chi connectivity index (χ0) is 18.2. The molecule has 0 spiro atoms. The van der Waals surface area contributed by atoms with E-state index in [1.165, 1.54) is 0 Å². The molecule has 0 saturated heterocycles. The number of aromatic nitrogens is 2. The summed E-state index contributed by atoms with van der Waals surface area (Å²) in [6.07, 6.45) is 1.69. The van der Waals surface area contributed by atoms with Gasteiger partial charge in [-0.3, -0.25) is 4.79 Å². The van der Waals surface area contributed by atoms with Crippen LogP contribution in [0.25, 0.3) is 11.3 Å². The molecule has 0 radical (unpaired) electrons. The van der Waals surface area contributed by atoms with Crippen LogP contribution in [0.3, 0.4) is 0 Å². The molecular weight excluding hydrogens is 365 g/mol. The Balaban J connectivity index is 1.77. The molecule has 1 fully saturated rings. The first-order chi connectivity index (χ1) is 11.8. The molecule has 3 rings (SSSR count). The first kappa shape index (κ1) is 17.8. The van der Waals surface area contributed by atoms with Gasteiger partial charge in [0.1, 0.15) is 10.2 Å². The number of methoxy groups -OCH3 is 1. The van der Waals surface area contributed by atoms with Crippen LogP contribution in [0.5, 0.6) is 5.75 Å². The summed E-state index contributed by atoms with van der Waals surface area (Å²) in [7, 11) is 1.59. The van der Waals surface area contributed by atoms with E-state index in [4.69, 9.17) is 32.6 Å². The lowest BCUT2D eigenvalue weighted by Crippen LogP contribution is -2.17. The molecular formula is C17H17Cl2N3O3. The number of amides is 1. The maximum absolute atomic E-state index is 12.6. The molecule has 1 heterocycles. The third-order valence-corrected chi connectivity index (χ3v) is 4.84. The van der Waals surface area contributed by atoms with Crippen molar-refractivity contribution in [3.63, 3.8) is 0 Å². The fourth-order valence-electron chi connectivity index (χ4n) is 3.03. The zero-order valence-electron chi connectivity index (χ0n) is 13.9. The molecule has 0 aliphatic heterocycles. The zero-order valence-corrected chi connectivity index (χ0v) is 15.4. The Morgan fingerprint density at radius 1 is 1.28 bits per heavy atom. The monoisotopic (exact) mass is 381 g/mol. The molecule has 1 saturated carbocycles. The molecule has 8 heteroatoms. The van der Waals surface area contributed by atoms with Gasteiger partial charge >= 0.3 is 0 Å². The standard InChI is InChI=1S/C17H17Cl2N3O3/c1-17(2)11(8-12(18)19)13(17)16(23)20-15-14(21-25-22-15)9-4-6-10(24-3)7-5-9/h4-8,11,13H,1-3H3,(H,20,22,23). The number of anilines is 1. The highest BCUT2D eigenvalue weighted by atomic mass is 35.5. The Hall–Kier alpha value is -2.05. The lowest BCUT2D eigenvalue weighted by Gasteiger charge is -2.05. The smallest absolute Gasteiger partial charge is 0.229 e. The average molecular weight is 382 g/mol. The molecule has 0 bridgehead atoms. The Labute approximate surface area is 155 Å². The molecule has 1 aliphatic carbocycles. The topological polar surface area (TPSA) is 77.2 Å². The number of carbonyl (C=O) groups excluding carboxylic acids is 1. The highest BCUT2D eigenvalue weighted by molar-refractivity contribution is 6.55. The predicted molar refractivity (Wildman–Crippen MR) is 95.5 cm³/mol. The minimum Gasteiger partial charge on any atom is -0.497 e. The maximum atomic E-state index is 12.6. The van der Waals surface area contributed by atoms with Gasteiger partial charge in [0, 0.05) is 5.56 Å². The second kappa shape index (κ2) is 6.69. The number of hydrogen-bond donors (Lipinski definition) is 1. The van der Waals surface area contributed by atoms with Crippen LogP contribution in [0.15, 0.2) is 39.5 Å². The van der Waals surface area contributed by atoms with Crippen molar-refractivity contribution < 1.29 is 14.2 Å². The maximum Gasteiger partial charge on any atom is 0.229 e. The molecule has 132 valence electrons. The van der Waals surface area contributed by atoms with Crippen LogP contribution >= 0.6 is 23.2 Å². The lowest BCUT2D eigenvalue weighted by atomic mass is 10.1. The Bertz CT molecular complexity index is 811. The van der Waals surface area contributed by atoms with Crippen molar-refractivity contribution in [2.75, 3.05) is 12.4 Å². The number of hydrogen-bond acceptors (Lipinski definition) is 5. The summed E-state index contributed by atoms with van der Waals surface area (Å²) in [5.41, 5.74) is 0.987. The molecule has 1 N–H and O–H groups in total. The summed E-state index contributed by atoms with van der Waals surface area (Å²) < 4.78 is 10.1. The summed E-state index contributed by atoms with van der Waals surface area (Å²) >= 11 is 11.5. The Morgan fingerprint density at radius 3 is 2.56 bits per heavy atom. The molecule has 1 aromatic carbocycles. The van der Waals surface area contributed by atoms with Crippen molar-refractivity contribution in [1.29, 1.82) is 0 Å². The van der Waals surface area contributed by atoms with E-state index in [0.29, 0.717) is 5.69 Å². The van der Waals surface area contributed by atoms with Gasteiger partial charge in [-0.25, -0.2) is 4.63 Å². The number of allylic oxidation sites excluding steroid dienone is 1. The van der Waals surface area contributed by atoms with Crippen LogP contribution < -0.4 is 10.1 Å². The van der Waals surface area contributed by atoms with E-state index >= 15 is 0 Å². The summed E-state index contributed by atoms with van der Waals surface area (Å²) in [5, 5.41) is 10.5. The van der Waals surface area contributed by atoms with E-state index in [9.17, 15) is 4.79 Å². The van der Waals surface area contributed by atoms with Gasteiger partial charge in [-0.15, -0.1) is 0 Å². The van der Waals surface area contributed by atoms with Crippen molar-refractivity contribution in [2.24, 2.45) is 17.3 Å².